The highest BCUT2D eigenvalue weighted by Crippen LogP contribution is 2.19. The number of benzene rings is 5. The number of carbonyl (C=O) groups is 3. The zero-order valence-corrected chi connectivity index (χ0v) is 27.7. The molecule has 1 aliphatic heterocycles. The molecule has 1 saturated heterocycles. The van der Waals surface area contributed by atoms with E-state index in [0.29, 0.717) is 25.8 Å². The van der Waals surface area contributed by atoms with Gasteiger partial charge in [0.15, 0.2) is 0 Å². The van der Waals surface area contributed by atoms with Gasteiger partial charge in [-0.25, -0.2) is 0 Å². The molecule has 0 radical (unpaired) electrons. The molecular formula is C41H45N5O3. The van der Waals surface area contributed by atoms with Crippen molar-refractivity contribution < 1.29 is 14.4 Å². The van der Waals surface area contributed by atoms with Gasteiger partial charge >= 0.3 is 0 Å². The van der Waals surface area contributed by atoms with Crippen molar-refractivity contribution >= 4 is 39.3 Å². The third-order valence-electron chi connectivity index (χ3n) is 9.48. The average molecular weight is 656 g/mol. The van der Waals surface area contributed by atoms with E-state index < -0.39 is 18.0 Å². The maximum atomic E-state index is 14.0. The Kier molecular flexibility index (Phi) is 11.3. The molecule has 3 amide bonds. The molecule has 252 valence electrons. The van der Waals surface area contributed by atoms with Crippen LogP contribution in [0.15, 0.2) is 115 Å². The van der Waals surface area contributed by atoms with Gasteiger partial charge in [0.2, 0.25) is 17.7 Å². The lowest BCUT2D eigenvalue weighted by Gasteiger charge is -2.28. The van der Waals surface area contributed by atoms with E-state index in [1.165, 1.54) is 0 Å². The number of nitrogens with one attached hydrogen (secondary N) is 4. The van der Waals surface area contributed by atoms with Crippen LogP contribution in [0.1, 0.15) is 29.5 Å². The quantitative estimate of drug-likeness (QED) is 0.121. The SMILES string of the molecule is NC(=O)[C@H](Cc1ccccc1)NC(=O)[C@@H](Cc1ccc2ccccc2c1)NC[C@@H](Cc1ccc2ccccc2c1)NC(=O)C1CCNCC1. The van der Waals surface area contributed by atoms with Crippen molar-refractivity contribution in [3.05, 3.63) is 132 Å². The van der Waals surface area contributed by atoms with Crippen LogP contribution in [0.4, 0.5) is 0 Å². The summed E-state index contributed by atoms with van der Waals surface area (Å²) in [5, 5.41) is 17.6. The first-order valence-corrected chi connectivity index (χ1v) is 17.2. The third-order valence-corrected chi connectivity index (χ3v) is 9.48. The standard InChI is InChI=1S/C41H45N5O3/c42-39(47)37(25-28-8-2-1-3-9-28)46-41(49)38(26-30-15-17-32-11-5-7-13-35(32)23-30)44-27-36(45-40(48)33-18-20-43-21-19-33)24-29-14-16-31-10-4-6-12-34(31)22-29/h1-17,22-23,33,36-38,43-44H,18-21,24-27H2,(H2,42,47)(H,45,48)(H,46,49)/t36-,37+,38-/m1/s1. The molecule has 5 aromatic carbocycles. The second-order valence-corrected chi connectivity index (χ2v) is 13.1. The van der Waals surface area contributed by atoms with Crippen LogP contribution >= 0.6 is 0 Å². The van der Waals surface area contributed by atoms with Gasteiger partial charge in [0.25, 0.3) is 0 Å². The molecule has 1 heterocycles. The summed E-state index contributed by atoms with van der Waals surface area (Å²) in [7, 11) is 0. The summed E-state index contributed by atoms with van der Waals surface area (Å²) in [5.74, 6) is -0.917. The minimum absolute atomic E-state index is 0.0428. The predicted molar refractivity (Wildman–Crippen MR) is 196 cm³/mol. The second-order valence-electron chi connectivity index (χ2n) is 13.1. The van der Waals surface area contributed by atoms with Crippen molar-refractivity contribution in [2.45, 2.75) is 50.2 Å². The van der Waals surface area contributed by atoms with Gasteiger partial charge in [-0.05, 0) is 77.0 Å². The highest BCUT2D eigenvalue weighted by molar-refractivity contribution is 5.90. The fraction of sp³-hybridized carbons (Fsp3) is 0.293. The summed E-state index contributed by atoms with van der Waals surface area (Å²) in [5.41, 5.74) is 8.78. The molecule has 0 saturated carbocycles. The van der Waals surface area contributed by atoms with E-state index in [2.05, 4.69) is 75.9 Å². The molecule has 0 spiro atoms. The topological polar surface area (TPSA) is 125 Å². The van der Waals surface area contributed by atoms with Gasteiger partial charge in [-0.3, -0.25) is 14.4 Å². The number of carbonyl (C=O) groups excluding carboxylic acids is 3. The van der Waals surface area contributed by atoms with Crippen LogP contribution in [0.2, 0.25) is 0 Å². The highest BCUT2D eigenvalue weighted by atomic mass is 16.2. The molecule has 6 rings (SSSR count). The number of primary amides is 1. The van der Waals surface area contributed by atoms with E-state index in [0.717, 1.165) is 64.2 Å². The van der Waals surface area contributed by atoms with Crippen molar-refractivity contribution in [3.8, 4) is 0 Å². The van der Waals surface area contributed by atoms with Gasteiger partial charge in [0.05, 0.1) is 6.04 Å². The van der Waals surface area contributed by atoms with E-state index in [1.54, 1.807) is 0 Å². The molecule has 8 heteroatoms. The highest BCUT2D eigenvalue weighted by Gasteiger charge is 2.28. The maximum Gasteiger partial charge on any atom is 0.240 e. The minimum Gasteiger partial charge on any atom is -0.368 e. The molecule has 49 heavy (non-hydrogen) atoms. The minimum atomic E-state index is -0.871. The van der Waals surface area contributed by atoms with Crippen LogP contribution in [0, 0.1) is 5.92 Å². The zero-order chi connectivity index (χ0) is 34.0. The lowest BCUT2D eigenvalue weighted by Crippen LogP contribution is -2.56. The summed E-state index contributed by atoms with van der Waals surface area (Å²) >= 11 is 0. The van der Waals surface area contributed by atoms with Crippen molar-refractivity contribution in [1.29, 1.82) is 0 Å². The molecule has 8 nitrogen and oxygen atoms in total. The molecular weight excluding hydrogens is 610 g/mol. The van der Waals surface area contributed by atoms with Gasteiger partial charge in [-0.15, -0.1) is 0 Å². The summed E-state index contributed by atoms with van der Waals surface area (Å²) in [6.45, 7) is 2.00. The summed E-state index contributed by atoms with van der Waals surface area (Å²) in [6, 6.07) is 36.6. The molecule has 1 aliphatic rings. The van der Waals surface area contributed by atoms with Gasteiger partial charge < -0.3 is 27.0 Å². The zero-order valence-electron chi connectivity index (χ0n) is 27.7. The summed E-state index contributed by atoms with van der Waals surface area (Å²) in [4.78, 5) is 40.1. The van der Waals surface area contributed by atoms with Gasteiger partial charge in [0, 0.05) is 24.9 Å². The van der Waals surface area contributed by atoms with E-state index >= 15 is 0 Å². The fourth-order valence-electron chi connectivity index (χ4n) is 6.72. The van der Waals surface area contributed by atoms with Gasteiger partial charge in [0.1, 0.15) is 6.04 Å². The lowest BCUT2D eigenvalue weighted by atomic mass is 9.95. The first-order chi connectivity index (χ1) is 23.9. The van der Waals surface area contributed by atoms with E-state index in [-0.39, 0.29) is 23.8 Å². The van der Waals surface area contributed by atoms with Crippen molar-refractivity contribution in [2.24, 2.45) is 11.7 Å². The summed E-state index contributed by atoms with van der Waals surface area (Å²) < 4.78 is 0. The number of amides is 3. The van der Waals surface area contributed by atoms with E-state index in [9.17, 15) is 14.4 Å². The molecule has 6 N–H and O–H groups in total. The Hall–Kier alpha value is -5.05. The molecule has 5 aromatic rings. The molecule has 0 unspecified atom stereocenters. The van der Waals surface area contributed by atoms with E-state index in [1.807, 2.05) is 60.7 Å². The second kappa shape index (κ2) is 16.4. The Morgan fingerprint density at radius 2 is 1.18 bits per heavy atom. The molecule has 0 aliphatic carbocycles. The van der Waals surface area contributed by atoms with E-state index in [4.69, 9.17) is 5.73 Å². The average Bonchev–Trinajstić information content (AvgIpc) is 3.13. The number of rotatable bonds is 14. The largest absolute Gasteiger partial charge is 0.368 e. The van der Waals surface area contributed by atoms with Crippen LogP contribution < -0.4 is 27.0 Å². The summed E-state index contributed by atoms with van der Waals surface area (Å²) in [6.07, 6.45) is 2.87. The van der Waals surface area contributed by atoms with Gasteiger partial charge in [-0.1, -0.05) is 115 Å². The number of hydrogen-bond acceptors (Lipinski definition) is 5. The Balaban J connectivity index is 1.24. The molecule has 0 bridgehead atoms. The Morgan fingerprint density at radius 1 is 0.633 bits per heavy atom. The van der Waals surface area contributed by atoms with Crippen LogP contribution in [0.25, 0.3) is 21.5 Å². The van der Waals surface area contributed by atoms with Crippen LogP contribution in [-0.4, -0.2) is 55.5 Å². The monoisotopic (exact) mass is 655 g/mol. The predicted octanol–water partition coefficient (Wildman–Crippen LogP) is 4.43. The first-order valence-electron chi connectivity index (χ1n) is 17.2. The van der Waals surface area contributed by atoms with Crippen LogP contribution in [0.5, 0.6) is 0 Å². The molecule has 3 atom stereocenters. The number of hydrogen-bond donors (Lipinski definition) is 5. The fourth-order valence-corrected chi connectivity index (χ4v) is 6.72. The molecule has 0 aromatic heterocycles. The number of nitrogens with two attached hydrogens (primary N) is 1. The van der Waals surface area contributed by atoms with Crippen LogP contribution in [-0.2, 0) is 33.6 Å². The Labute approximate surface area is 287 Å². The van der Waals surface area contributed by atoms with Crippen molar-refractivity contribution in [2.75, 3.05) is 19.6 Å². The smallest absolute Gasteiger partial charge is 0.240 e. The molecule has 1 fully saturated rings. The first kappa shape index (κ1) is 33.8. The normalized spacial score (nSPS) is 15.3. The maximum absolute atomic E-state index is 14.0. The van der Waals surface area contributed by atoms with Crippen molar-refractivity contribution in [3.63, 3.8) is 0 Å². The number of fused-ring (bicyclic) bond motifs is 2. The Morgan fingerprint density at radius 3 is 1.80 bits per heavy atom. The number of piperidine rings is 1. The Bertz CT molecular complexity index is 1890. The van der Waals surface area contributed by atoms with Crippen LogP contribution in [0.3, 0.4) is 0 Å². The third kappa shape index (κ3) is 9.31. The lowest BCUT2D eigenvalue weighted by molar-refractivity contribution is -0.128. The van der Waals surface area contributed by atoms with Gasteiger partial charge in [-0.2, -0.15) is 0 Å². The van der Waals surface area contributed by atoms with Crippen molar-refractivity contribution in [1.82, 2.24) is 21.3 Å².